The van der Waals surface area contributed by atoms with Crippen LogP contribution in [0.25, 0.3) is 0 Å². The molecule has 0 radical (unpaired) electrons. The first-order valence-electron chi connectivity index (χ1n) is 17.4. The van der Waals surface area contributed by atoms with Crippen LogP contribution in [0.15, 0.2) is 42.5 Å². The van der Waals surface area contributed by atoms with Gasteiger partial charge in [0.15, 0.2) is 5.67 Å². The number of halogens is 3. The number of hydrogen-bond acceptors (Lipinski definition) is 7. The standard InChI is InChI=1S/C37H47F3N6O3/c1-25(47)42-21-37(29-5-3-6-30(38)16-29,33-7-4-8-34(33)43-35(48)49-2)28-11-13-44(14-12-28)22-36(40)23-46(24-36)32-10-9-26(17-41)27(15-32)18-45-19-31(39)20-45/h3,5-6,9-10,15-16,28,31,33-34H,4,7-8,11-14,18-24H2,1-2H3,(H,42,47)(H,43,48)/t33-,34-,37-/m0/s1. The molecule has 1 aliphatic carbocycles. The Labute approximate surface area is 286 Å². The number of amides is 2. The van der Waals surface area contributed by atoms with Crippen molar-refractivity contribution in [2.45, 2.75) is 68.9 Å². The summed E-state index contributed by atoms with van der Waals surface area (Å²) in [5, 5.41) is 15.7. The van der Waals surface area contributed by atoms with Crippen LogP contribution in [0.1, 0.15) is 55.7 Å². The molecule has 0 unspecified atom stereocenters. The molecule has 0 aromatic heterocycles. The van der Waals surface area contributed by atoms with E-state index in [0.29, 0.717) is 51.4 Å². The molecule has 49 heavy (non-hydrogen) atoms. The number of nitrogens with one attached hydrogen (secondary N) is 2. The van der Waals surface area contributed by atoms with Gasteiger partial charge in [-0.05, 0) is 92.1 Å². The topological polar surface area (TPSA) is 101 Å². The molecule has 1 saturated carbocycles. The van der Waals surface area contributed by atoms with Crippen molar-refractivity contribution in [2.75, 3.05) is 64.4 Å². The zero-order chi connectivity index (χ0) is 34.8. The van der Waals surface area contributed by atoms with E-state index in [4.69, 9.17) is 4.74 Å². The number of nitriles is 1. The number of carbonyl (C=O) groups is 2. The molecule has 6 rings (SSSR count). The summed E-state index contributed by atoms with van der Waals surface area (Å²) in [5.41, 5.74) is 1.01. The number of carbonyl (C=O) groups excluding carboxylic acids is 2. The Hall–Kier alpha value is -3.82. The zero-order valence-corrected chi connectivity index (χ0v) is 28.4. The van der Waals surface area contributed by atoms with Crippen LogP contribution in [0.3, 0.4) is 0 Å². The molecule has 2 aromatic rings. The van der Waals surface area contributed by atoms with Gasteiger partial charge in [-0.25, -0.2) is 18.0 Å². The Morgan fingerprint density at radius 2 is 1.84 bits per heavy atom. The molecule has 4 fully saturated rings. The fourth-order valence-electron chi connectivity index (χ4n) is 8.96. The van der Waals surface area contributed by atoms with Gasteiger partial charge in [-0.1, -0.05) is 18.6 Å². The van der Waals surface area contributed by atoms with Gasteiger partial charge in [-0.15, -0.1) is 0 Å². The highest BCUT2D eigenvalue weighted by Gasteiger charge is 2.53. The van der Waals surface area contributed by atoms with Crippen LogP contribution in [0, 0.1) is 29.0 Å². The Balaban J connectivity index is 1.15. The zero-order valence-electron chi connectivity index (χ0n) is 28.4. The third kappa shape index (κ3) is 7.53. The molecule has 0 bridgehead atoms. The molecule has 264 valence electrons. The van der Waals surface area contributed by atoms with Gasteiger partial charge in [0.1, 0.15) is 12.0 Å². The number of benzene rings is 2. The maximum Gasteiger partial charge on any atom is 0.407 e. The number of alkyl halides is 2. The Kier molecular flexibility index (Phi) is 10.4. The van der Waals surface area contributed by atoms with Crippen LogP contribution in [0.2, 0.25) is 0 Å². The van der Waals surface area contributed by atoms with Gasteiger partial charge in [0.25, 0.3) is 0 Å². The molecular weight excluding hydrogens is 633 g/mol. The highest BCUT2D eigenvalue weighted by molar-refractivity contribution is 5.73. The van der Waals surface area contributed by atoms with Gasteiger partial charge in [0.05, 0.1) is 31.8 Å². The molecular formula is C37H47F3N6O3. The van der Waals surface area contributed by atoms with E-state index in [1.807, 2.05) is 28.0 Å². The lowest BCUT2D eigenvalue weighted by Crippen LogP contribution is -2.65. The lowest BCUT2D eigenvalue weighted by Gasteiger charge is -2.52. The normalized spacial score (nSPS) is 24.3. The molecule has 3 atom stereocenters. The summed E-state index contributed by atoms with van der Waals surface area (Å²) in [6.07, 6.45) is 2.57. The van der Waals surface area contributed by atoms with Gasteiger partial charge >= 0.3 is 6.09 Å². The van der Waals surface area contributed by atoms with E-state index in [1.165, 1.54) is 20.1 Å². The Morgan fingerprint density at radius 3 is 2.49 bits per heavy atom. The molecule has 3 saturated heterocycles. The molecule has 9 nitrogen and oxygen atoms in total. The first kappa shape index (κ1) is 35.0. The van der Waals surface area contributed by atoms with Crippen molar-refractivity contribution < 1.29 is 27.5 Å². The third-order valence-electron chi connectivity index (χ3n) is 11.3. The SMILES string of the molecule is COC(=O)N[C@H]1CCC[C@@H]1[C@](CNC(C)=O)(c1cccc(F)c1)C1CCN(CC2(F)CN(c3ccc(C#N)c(CN4CC(F)C4)c3)C2)CC1. The van der Waals surface area contributed by atoms with E-state index in [1.54, 1.807) is 18.2 Å². The summed E-state index contributed by atoms with van der Waals surface area (Å²) < 4.78 is 49.3. The molecule has 2 N–H and O–H groups in total. The molecule has 3 heterocycles. The van der Waals surface area contributed by atoms with Crippen LogP contribution < -0.4 is 15.5 Å². The van der Waals surface area contributed by atoms with E-state index in [-0.39, 0.29) is 42.7 Å². The number of nitrogens with zero attached hydrogens (tertiary/aromatic N) is 4. The summed E-state index contributed by atoms with van der Waals surface area (Å²) in [6.45, 7) is 5.10. The van der Waals surface area contributed by atoms with Crippen molar-refractivity contribution >= 4 is 17.7 Å². The minimum Gasteiger partial charge on any atom is -0.453 e. The summed E-state index contributed by atoms with van der Waals surface area (Å²) in [4.78, 5) is 30.8. The maximum atomic E-state index is 16.2. The summed E-state index contributed by atoms with van der Waals surface area (Å²) in [6, 6.07) is 14.2. The average molecular weight is 681 g/mol. The summed E-state index contributed by atoms with van der Waals surface area (Å²) in [7, 11) is 1.34. The highest BCUT2D eigenvalue weighted by Crippen LogP contribution is 2.50. The summed E-state index contributed by atoms with van der Waals surface area (Å²) in [5.74, 6) is -0.547. The molecule has 3 aliphatic heterocycles. The molecule has 2 aromatic carbocycles. The largest absolute Gasteiger partial charge is 0.453 e. The fourth-order valence-corrected chi connectivity index (χ4v) is 8.96. The second-order valence-electron chi connectivity index (χ2n) is 14.5. The van der Waals surface area contributed by atoms with Crippen molar-refractivity contribution in [3.05, 3.63) is 65.0 Å². The quantitative estimate of drug-likeness (QED) is 0.355. The number of methoxy groups -OCH3 is 1. The maximum absolute atomic E-state index is 16.2. The van der Waals surface area contributed by atoms with E-state index in [2.05, 4.69) is 21.6 Å². The van der Waals surface area contributed by atoms with Crippen LogP contribution >= 0.6 is 0 Å². The molecule has 2 amide bonds. The predicted octanol–water partition coefficient (Wildman–Crippen LogP) is 4.69. The number of piperidine rings is 1. The number of ether oxygens (including phenoxy) is 1. The smallest absolute Gasteiger partial charge is 0.407 e. The fraction of sp³-hybridized carbons (Fsp3) is 0.595. The Bertz CT molecular complexity index is 1550. The van der Waals surface area contributed by atoms with Crippen molar-refractivity contribution in [3.63, 3.8) is 0 Å². The van der Waals surface area contributed by atoms with Gasteiger partial charge in [0.2, 0.25) is 5.91 Å². The number of rotatable bonds is 11. The minimum atomic E-state index is -1.39. The monoisotopic (exact) mass is 680 g/mol. The van der Waals surface area contributed by atoms with E-state index in [9.17, 15) is 23.6 Å². The van der Waals surface area contributed by atoms with Gasteiger partial charge in [0, 0.05) is 56.8 Å². The van der Waals surface area contributed by atoms with Crippen LogP contribution in [-0.4, -0.2) is 99.2 Å². The van der Waals surface area contributed by atoms with Crippen LogP contribution in [0.5, 0.6) is 0 Å². The van der Waals surface area contributed by atoms with Crippen LogP contribution in [0.4, 0.5) is 23.7 Å². The van der Waals surface area contributed by atoms with E-state index >= 15 is 4.39 Å². The van der Waals surface area contributed by atoms with Gasteiger partial charge in [-0.3, -0.25) is 14.6 Å². The number of alkyl carbamates (subject to hydrolysis) is 1. The number of likely N-dealkylation sites (tertiary alicyclic amines) is 2. The number of anilines is 1. The lowest BCUT2D eigenvalue weighted by molar-refractivity contribution is -0.119. The molecule has 12 heteroatoms. The highest BCUT2D eigenvalue weighted by atomic mass is 19.1. The second kappa shape index (κ2) is 14.6. The third-order valence-corrected chi connectivity index (χ3v) is 11.3. The Morgan fingerprint density at radius 1 is 1.08 bits per heavy atom. The van der Waals surface area contributed by atoms with Crippen LogP contribution in [-0.2, 0) is 21.5 Å². The van der Waals surface area contributed by atoms with Crippen molar-refractivity contribution in [3.8, 4) is 6.07 Å². The van der Waals surface area contributed by atoms with E-state index in [0.717, 1.165) is 48.9 Å². The van der Waals surface area contributed by atoms with Crippen molar-refractivity contribution in [2.24, 2.45) is 11.8 Å². The number of hydrogen-bond donors (Lipinski definition) is 2. The van der Waals surface area contributed by atoms with Gasteiger partial charge in [-0.2, -0.15) is 5.26 Å². The second-order valence-corrected chi connectivity index (χ2v) is 14.5. The minimum absolute atomic E-state index is 0.0482. The van der Waals surface area contributed by atoms with Gasteiger partial charge < -0.3 is 20.3 Å². The lowest BCUT2D eigenvalue weighted by atomic mass is 9.58. The van der Waals surface area contributed by atoms with Crippen molar-refractivity contribution in [1.29, 1.82) is 5.26 Å². The first-order chi connectivity index (χ1) is 23.5. The average Bonchev–Trinajstić information content (AvgIpc) is 3.52. The van der Waals surface area contributed by atoms with Crippen molar-refractivity contribution in [1.82, 2.24) is 20.4 Å². The predicted molar refractivity (Wildman–Crippen MR) is 180 cm³/mol. The molecule has 0 spiro atoms. The van der Waals surface area contributed by atoms with E-state index < -0.39 is 23.3 Å². The molecule has 4 aliphatic rings. The summed E-state index contributed by atoms with van der Waals surface area (Å²) >= 11 is 0. The first-order valence-corrected chi connectivity index (χ1v) is 17.4.